The molecule has 1 aliphatic rings. The van der Waals surface area contributed by atoms with E-state index in [0.717, 1.165) is 11.3 Å². The summed E-state index contributed by atoms with van der Waals surface area (Å²) in [7, 11) is 3.07. The minimum Gasteiger partial charge on any atom is -0.507 e. The monoisotopic (exact) mass is 466 g/mol. The summed E-state index contributed by atoms with van der Waals surface area (Å²) in [5.41, 5.74) is 1.37. The number of phenolic OH excluding ortho intramolecular Hbond substituents is 1. The van der Waals surface area contributed by atoms with Crippen LogP contribution in [0.1, 0.15) is 41.8 Å². The molecule has 7 heteroatoms. The fraction of sp³-hybridized carbons (Fsp3) is 0.333. The van der Waals surface area contributed by atoms with Gasteiger partial charge in [-0.15, -0.1) is 0 Å². The van der Waals surface area contributed by atoms with Gasteiger partial charge in [-0.25, -0.2) is 4.79 Å². The van der Waals surface area contributed by atoms with E-state index in [1.165, 1.54) is 19.3 Å². The maximum atomic E-state index is 13.0. The lowest BCUT2D eigenvalue weighted by atomic mass is 9.99. The highest BCUT2D eigenvalue weighted by Gasteiger charge is 2.25. The molecule has 1 heterocycles. The molecule has 7 nitrogen and oxygen atoms in total. The van der Waals surface area contributed by atoms with Crippen LogP contribution in [0.4, 0.5) is 0 Å². The molecule has 1 unspecified atom stereocenters. The minimum absolute atomic E-state index is 0.0278. The molecule has 0 aromatic heterocycles. The van der Waals surface area contributed by atoms with E-state index in [1.54, 1.807) is 38.3 Å². The summed E-state index contributed by atoms with van der Waals surface area (Å²) < 4.78 is 22.1. The Labute approximate surface area is 199 Å². The zero-order valence-electron chi connectivity index (χ0n) is 19.8. The van der Waals surface area contributed by atoms with Crippen LogP contribution in [0.3, 0.4) is 0 Å². The van der Waals surface area contributed by atoms with E-state index in [4.69, 9.17) is 18.9 Å². The molecule has 2 aromatic rings. The second kappa shape index (κ2) is 11.5. The number of phenols is 1. The fourth-order valence-corrected chi connectivity index (χ4v) is 3.52. The van der Waals surface area contributed by atoms with E-state index in [9.17, 15) is 14.7 Å². The molecule has 0 spiro atoms. The predicted molar refractivity (Wildman–Crippen MR) is 128 cm³/mol. The molecule has 34 heavy (non-hydrogen) atoms. The standard InChI is InChI=1S/C27H30O7/c1-17-6-5-7-20-14-22(32-4)15-24(29)26(20)27(30)34-18(2)25(13-12-23(17)28)33-16-19-8-10-21(31-3)11-9-19/h5,7-15,17-18,25,29H,6,16H2,1-4H3/b7-5+,13-12?/t17?,18-,25+/m0/s1. The van der Waals surface area contributed by atoms with Crippen molar-refractivity contribution in [3.8, 4) is 17.2 Å². The largest absolute Gasteiger partial charge is 0.507 e. The molecule has 0 saturated heterocycles. The van der Waals surface area contributed by atoms with Crippen molar-refractivity contribution in [2.75, 3.05) is 14.2 Å². The van der Waals surface area contributed by atoms with E-state index >= 15 is 0 Å². The van der Waals surface area contributed by atoms with Gasteiger partial charge in [-0.1, -0.05) is 31.2 Å². The first-order valence-electron chi connectivity index (χ1n) is 11.1. The zero-order chi connectivity index (χ0) is 24.7. The molecular weight excluding hydrogens is 436 g/mol. The molecule has 0 fully saturated rings. The quantitative estimate of drug-likeness (QED) is 0.638. The number of carbonyl (C=O) groups excluding carboxylic acids is 2. The van der Waals surface area contributed by atoms with Crippen LogP contribution in [-0.2, 0) is 20.9 Å². The third kappa shape index (κ3) is 6.26. The lowest BCUT2D eigenvalue weighted by Gasteiger charge is -2.23. The number of aromatic hydroxyl groups is 1. The predicted octanol–water partition coefficient (Wildman–Crippen LogP) is 4.72. The lowest BCUT2D eigenvalue weighted by Crippen LogP contribution is -2.30. The fourth-order valence-electron chi connectivity index (χ4n) is 3.52. The molecule has 0 amide bonds. The minimum atomic E-state index is -0.732. The number of ketones is 1. The van der Waals surface area contributed by atoms with E-state index in [-0.39, 0.29) is 29.6 Å². The topological polar surface area (TPSA) is 91.3 Å². The van der Waals surface area contributed by atoms with Gasteiger partial charge < -0.3 is 24.1 Å². The normalized spacial score (nSPS) is 21.9. The summed E-state index contributed by atoms with van der Waals surface area (Å²) in [6.07, 6.45) is 5.63. The van der Waals surface area contributed by atoms with Gasteiger partial charge in [0, 0.05) is 12.0 Å². The van der Waals surface area contributed by atoms with Crippen LogP contribution in [0.2, 0.25) is 0 Å². The molecule has 3 atom stereocenters. The number of benzene rings is 2. The second-order valence-electron chi connectivity index (χ2n) is 8.15. The van der Waals surface area contributed by atoms with Crippen molar-refractivity contribution in [1.29, 1.82) is 0 Å². The van der Waals surface area contributed by atoms with Crippen molar-refractivity contribution >= 4 is 17.8 Å². The van der Waals surface area contributed by atoms with Crippen molar-refractivity contribution in [3.05, 3.63) is 71.3 Å². The van der Waals surface area contributed by atoms with Crippen molar-refractivity contribution in [3.63, 3.8) is 0 Å². The van der Waals surface area contributed by atoms with Gasteiger partial charge in [-0.3, -0.25) is 4.79 Å². The zero-order valence-corrected chi connectivity index (χ0v) is 19.8. The summed E-state index contributed by atoms with van der Waals surface area (Å²) in [6.45, 7) is 3.76. The number of rotatable bonds is 5. The first-order valence-corrected chi connectivity index (χ1v) is 11.1. The molecule has 0 radical (unpaired) electrons. The number of allylic oxidation sites excluding steroid dienone is 2. The maximum Gasteiger partial charge on any atom is 0.342 e. The van der Waals surface area contributed by atoms with Gasteiger partial charge in [-0.05, 0) is 54.8 Å². The molecule has 2 aromatic carbocycles. The molecular formula is C27H30O7. The van der Waals surface area contributed by atoms with Crippen LogP contribution < -0.4 is 9.47 Å². The van der Waals surface area contributed by atoms with Crippen LogP contribution in [0.15, 0.2) is 54.6 Å². The molecule has 3 rings (SSSR count). The average molecular weight is 467 g/mol. The summed E-state index contributed by atoms with van der Waals surface area (Å²) >= 11 is 0. The van der Waals surface area contributed by atoms with Crippen molar-refractivity contribution in [2.45, 2.75) is 39.1 Å². The summed E-state index contributed by atoms with van der Waals surface area (Å²) in [6, 6.07) is 10.4. The molecule has 0 saturated carbocycles. The number of fused-ring (bicyclic) bond motifs is 1. The summed E-state index contributed by atoms with van der Waals surface area (Å²) in [5.74, 6) is -0.146. The number of methoxy groups -OCH3 is 2. The number of cyclic esters (lactones) is 1. The molecule has 1 N–H and O–H groups in total. The second-order valence-corrected chi connectivity index (χ2v) is 8.15. The Bertz CT molecular complexity index is 1070. The third-order valence-corrected chi connectivity index (χ3v) is 5.64. The smallest absolute Gasteiger partial charge is 0.342 e. The van der Waals surface area contributed by atoms with Gasteiger partial charge in [0.05, 0.1) is 20.8 Å². The highest BCUT2D eigenvalue weighted by Crippen LogP contribution is 2.31. The highest BCUT2D eigenvalue weighted by molar-refractivity contribution is 5.97. The lowest BCUT2D eigenvalue weighted by molar-refractivity contribution is -0.117. The van der Waals surface area contributed by atoms with Crippen LogP contribution in [0.5, 0.6) is 17.2 Å². The van der Waals surface area contributed by atoms with E-state index in [1.807, 2.05) is 31.2 Å². The summed E-state index contributed by atoms with van der Waals surface area (Å²) in [5, 5.41) is 10.5. The van der Waals surface area contributed by atoms with Crippen LogP contribution in [0.25, 0.3) is 6.08 Å². The van der Waals surface area contributed by atoms with Gasteiger partial charge in [-0.2, -0.15) is 0 Å². The Morgan fingerprint density at radius 1 is 1.00 bits per heavy atom. The maximum absolute atomic E-state index is 13.0. The number of hydrogen-bond acceptors (Lipinski definition) is 7. The van der Waals surface area contributed by atoms with Gasteiger partial charge in [0.1, 0.15) is 35.0 Å². The Kier molecular flexibility index (Phi) is 8.49. The van der Waals surface area contributed by atoms with E-state index in [0.29, 0.717) is 17.7 Å². The average Bonchev–Trinajstić information content (AvgIpc) is 2.83. The number of esters is 1. The first-order chi connectivity index (χ1) is 16.3. The van der Waals surface area contributed by atoms with Crippen LogP contribution in [0, 0.1) is 5.92 Å². The summed E-state index contributed by atoms with van der Waals surface area (Å²) in [4.78, 5) is 25.7. The van der Waals surface area contributed by atoms with E-state index < -0.39 is 18.2 Å². The molecule has 0 aliphatic carbocycles. The molecule has 0 bridgehead atoms. The van der Waals surface area contributed by atoms with Crippen molar-refractivity contribution in [2.24, 2.45) is 5.92 Å². The first kappa shape index (κ1) is 25.1. The molecule has 180 valence electrons. The highest BCUT2D eigenvalue weighted by atomic mass is 16.6. The van der Waals surface area contributed by atoms with Crippen molar-refractivity contribution in [1.82, 2.24) is 0 Å². The SMILES string of the molecule is COc1ccc(CO[C@@H]2C=CC(=O)C(C)C/C=C/c3cc(OC)cc(O)c3C(=O)O[C@H]2C)cc1. The number of carbonyl (C=O) groups is 2. The molecule has 1 aliphatic heterocycles. The van der Waals surface area contributed by atoms with Gasteiger partial charge in [0.25, 0.3) is 0 Å². The van der Waals surface area contributed by atoms with Crippen LogP contribution in [-0.4, -0.2) is 43.3 Å². The van der Waals surface area contributed by atoms with Crippen molar-refractivity contribution < 1.29 is 33.6 Å². The Balaban J connectivity index is 1.90. The number of ether oxygens (including phenoxy) is 4. The Morgan fingerprint density at radius 2 is 1.71 bits per heavy atom. The Hall–Kier alpha value is -3.58. The number of hydrogen-bond donors (Lipinski definition) is 1. The van der Waals surface area contributed by atoms with E-state index in [2.05, 4.69) is 0 Å². The van der Waals surface area contributed by atoms with Crippen LogP contribution >= 0.6 is 0 Å². The van der Waals surface area contributed by atoms with Gasteiger partial charge in [0.2, 0.25) is 0 Å². The Morgan fingerprint density at radius 3 is 2.38 bits per heavy atom. The van der Waals surface area contributed by atoms with Gasteiger partial charge >= 0.3 is 5.97 Å². The third-order valence-electron chi connectivity index (χ3n) is 5.64. The van der Waals surface area contributed by atoms with Gasteiger partial charge in [0.15, 0.2) is 5.78 Å².